The average molecular weight is 2010 g/mol. The van der Waals surface area contributed by atoms with Gasteiger partial charge in [0.15, 0.2) is 23.7 Å². The molecule has 2 aliphatic heterocycles. The Labute approximate surface area is 867 Å². The van der Waals surface area contributed by atoms with E-state index < -0.39 is 26.3 Å². The number of carbonyl (C=O) groups is 6. The normalized spacial score (nSPS) is 25.2. The smallest absolute Gasteiger partial charge is 0.486 e. The van der Waals surface area contributed by atoms with E-state index in [1.165, 1.54) is 70.6 Å². The van der Waals surface area contributed by atoms with E-state index >= 15 is 0 Å². The van der Waals surface area contributed by atoms with Crippen molar-refractivity contribution in [2.45, 2.75) is 254 Å². The minimum Gasteiger partial charge on any atom is -0.486 e. The van der Waals surface area contributed by atoms with Crippen LogP contribution >= 0.6 is 0 Å². The number of H-pyrrole nitrogens is 2. The number of nitrogens with zero attached hydrogens (tertiary/aromatic N) is 11. The van der Waals surface area contributed by atoms with Crippen LogP contribution < -0.4 is 35.3 Å². The molecule has 776 valence electrons. The van der Waals surface area contributed by atoms with E-state index in [1.807, 2.05) is 231 Å². The number of hydrogen-bond acceptors (Lipinski definition) is 20. The largest absolute Gasteiger partial charge is 0.561 e. The molecule has 1 saturated heterocycles. The Morgan fingerprint density at radius 3 is 1.29 bits per heavy atom. The van der Waals surface area contributed by atoms with E-state index in [9.17, 15) is 28.8 Å². The molecule has 29 heteroatoms. The summed E-state index contributed by atoms with van der Waals surface area (Å²) < 4.78 is 36.6. The number of amides is 4. The van der Waals surface area contributed by atoms with Gasteiger partial charge in [0.2, 0.25) is 0 Å². The lowest BCUT2D eigenvalue weighted by Crippen LogP contribution is -2.61. The first-order chi connectivity index (χ1) is 70.8. The van der Waals surface area contributed by atoms with Crippen LogP contribution in [-0.4, -0.2) is 130 Å². The van der Waals surface area contributed by atoms with E-state index in [0.29, 0.717) is 143 Å². The number of ether oxygens (including phenoxy) is 6. The number of nitrogens with one attached hydrogen (secondary N) is 4. The maximum Gasteiger partial charge on any atom is 0.561 e. The van der Waals surface area contributed by atoms with Gasteiger partial charge in [-0.3, -0.25) is 24.0 Å². The van der Waals surface area contributed by atoms with Crippen molar-refractivity contribution in [2.75, 3.05) is 19.8 Å². The maximum atomic E-state index is 14.4. The van der Waals surface area contributed by atoms with Crippen molar-refractivity contribution in [3.8, 4) is 68.5 Å². The summed E-state index contributed by atoms with van der Waals surface area (Å²) in [7, 11) is -1.45. The van der Waals surface area contributed by atoms with E-state index in [1.54, 1.807) is 51.7 Å². The van der Waals surface area contributed by atoms with Gasteiger partial charge in [0.25, 0.3) is 17.7 Å². The molecule has 8 aromatic carbocycles. The number of aromatic nitrogens is 6. The van der Waals surface area contributed by atoms with Crippen molar-refractivity contribution in [3.63, 3.8) is 0 Å². The Balaban J connectivity index is 0.000000144. The molecular weight excluding hydrogens is 1860 g/mol. The molecule has 147 heavy (non-hydrogen) atoms. The Hall–Kier alpha value is -13.4. The fourth-order valence-corrected chi connectivity index (χ4v) is 24.5. The Kier molecular flexibility index (Phi) is 37.8. The van der Waals surface area contributed by atoms with Gasteiger partial charge in [0, 0.05) is 47.4 Å². The van der Waals surface area contributed by atoms with Crippen molar-refractivity contribution in [1.29, 1.82) is 0 Å². The van der Waals surface area contributed by atoms with Crippen LogP contribution in [0.5, 0.6) is 46.0 Å². The fraction of sp³-hybridized carbons (Fsp3) is 0.483. The highest BCUT2D eigenvalue weighted by Gasteiger charge is 2.59. The number of carbonyl (C=O) groups excluding carboxylic acids is 6. The molecule has 2 aromatic heterocycles. The third kappa shape index (κ3) is 27.1. The maximum absolute atomic E-state index is 14.4. The number of azide groups is 1. The van der Waals surface area contributed by atoms with Crippen LogP contribution in [0.2, 0.25) is 19.6 Å². The number of fused-ring (bicyclic) bond motifs is 8. The second kappa shape index (κ2) is 50.8. The topological polar surface area (TPSA) is 372 Å². The van der Waals surface area contributed by atoms with Crippen LogP contribution in [0, 0.1) is 93.8 Å². The Bertz CT molecular complexity index is 6190. The Morgan fingerprint density at radius 1 is 0.483 bits per heavy atom. The number of aldehydes is 1. The summed E-state index contributed by atoms with van der Waals surface area (Å²) in [6, 6.07) is 67.6. The van der Waals surface area contributed by atoms with Gasteiger partial charge >= 0.3 is 12.1 Å². The fourth-order valence-electron chi connectivity index (χ4n) is 24.2. The third-order valence-electron chi connectivity index (χ3n) is 32.9. The van der Waals surface area contributed by atoms with Crippen LogP contribution in [0.1, 0.15) is 241 Å². The lowest BCUT2D eigenvalue weighted by molar-refractivity contribution is -0.139. The highest BCUT2D eigenvalue weighted by molar-refractivity contribution is 6.74. The van der Waals surface area contributed by atoms with Gasteiger partial charge in [0.05, 0.1) is 24.4 Å². The first-order valence-corrected chi connectivity index (χ1v) is 56.4. The van der Waals surface area contributed by atoms with Crippen LogP contribution in [0.3, 0.4) is 0 Å². The number of rotatable bonds is 21. The molecule has 10 aromatic rings. The van der Waals surface area contributed by atoms with Crippen molar-refractivity contribution in [2.24, 2.45) is 108 Å². The van der Waals surface area contributed by atoms with Crippen molar-refractivity contribution >= 4 is 50.0 Å². The van der Waals surface area contributed by atoms with Gasteiger partial charge in [-0.05, 0) is 273 Å². The summed E-state index contributed by atoms with van der Waals surface area (Å²) in [6.07, 6.45) is 26.3. The quantitative estimate of drug-likeness (QED) is 0.00848. The van der Waals surface area contributed by atoms with Crippen LogP contribution in [0.4, 0.5) is 4.79 Å². The lowest BCUT2D eigenvalue weighted by atomic mass is 9.45. The number of hydrogen-bond donors (Lipinski definition) is 5. The van der Waals surface area contributed by atoms with Crippen molar-refractivity contribution in [1.82, 2.24) is 46.4 Å². The Morgan fingerprint density at radius 2 is 0.871 bits per heavy atom. The number of likely N-dealkylation sites (tertiary alicyclic amines) is 1. The summed E-state index contributed by atoms with van der Waals surface area (Å²) in [5.41, 5.74) is 20.0. The van der Waals surface area contributed by atoms with Gasteiger partial charge in [0.1, 0.15) is 77.9 Å². The van der Waals surface area contributed by atoms with Gasteiger partial charge in [-0.25, -0.2) is 4.79 Å². The number of nitrogens with two attached hydrogens (primary N) is 1. The zero-order valence-corrected chi connectivity index (χ0v) is 88.8. The van der Waals surface area contributed by atoms with E-state index in [0.717, 1.165) is 91.6 Å². The monoisotopic (exact) mass is 2010 g/mol. The minimum atomic E-state index is -1.45. The molecule has 4 heterocycles. The summed E-state index contributed by atoms with van der Waals surface area (Å²) in [5.74, 6) is 13.0. The predicted octanol–water partition coefficient (Wildman–Crippen LogP) is 27.8. The third-order valence-corrected chi connectivity index (χ3v) is 33.6. The molecular formula is C118H148N16O12Si. The molecule has 0 spiro atoms. The summed E-state index contributed by atoms with van der Waals surface area (Å²) in [4.78, 5) is 81.7. The van der Waals surface area contributed by atoms with Crippen molar-refractivity contribution < 1.29 is 57.2 Å². The zero-order chi connectivity index (χ0) is 105. The molecule has 12 aliphatic carbocycles. The molecule has 6 bridgehead atoms. The molecule has 14 aliphatic rings. The number of para-hydroxylation sites is 8. The summed E-state index contributed by atoms with van der Waals surface area (Å²) in [5, 5.41) is 37.3. The predicted molar refractivity (Wildman–Crippen MR) is 575 cm³/mol. The van der Waals surface area contributed by atoms with Gasteiger partial charge in [-0.2, -0.15) is 40.8 Å². The molecule has 4 amide bonds. The highest BCUT2D eigenvalue weighted by atomic mass is 28.3. The molecule has 12 saturated carbocycles. The molecule has 0 radical (unpaired) electrons. The van der Waals surface area contributed by atoms with E-state index in [-0.39, 0.29) is 54.8 Å². The van der Waals surface area contributed by atoms with Gasteiger partial charge < -0.3 is 49.7 Å². The second-order valence-electron chi connectivity index (χ2n) is 43.7. The van der Waals surface area contributed by atoms with E-state index in [2.05, 4.69) is 133 Å². The van der Waals surface area contributed by atoms with Crippen LogP contribution in [-0.2, 0) is 19.1 Å². The second-order valence-corrected chi connectivity index (χ2v) is 48.2. The highest BCUT2D eigenvalue weighted by Crippen LogP contribution is 2.64. The number of esters is 1. The van der Waals surface area contributed by atoms with E-state index in [4.69, 9.17) is 41.5 Å². The van der Waals surface area contributed by atoms with Gasteiger partial charge in [-0.15, -0.1) is 9.88 Å². The average Bonchev–Trinajstić information content (AvgIpc) is 1.61. The minimum absolute atomic E-state index is 0.0721. The molecule has 24 rings (SSSR count). The molecule has 28 nitrogen and oxygen atoms in total. The summed E-state index contributed by atoms with van der Waals surface area (Å²) in [6.45, 7) is 37.8. The zero-order valence-electron chi connectivity index (χ0n) is 87.8. The standard InChI is InChI=1S/C36H44N4O3.C25H28N4O2.C17H15N3O3.C13H10O2.C10H19N.C10H18.C4H5NO2.C3H9N3Si/c1-22-27-20-24(36(27,2)3)21-28(22)37-34(41)31-32(26-16-8-10-18-30(26)43-25-14-5-4-6-15-25)38-39-33(31)35(42)40-19-11-13-23-12-7-9-17-29(23)40;1-15-19-13-16(25(19,2)3)14-20(15)26-24(30)23-22(27-29-28-23)18-11-7-8-12-21(18)31-17-9-5-4-6-10-17;1-2-22-17(21)16-15(18-20-19-16)13-10-6-7-11-14(13)23-12-8-4-3-5-9-12;14-10-11-6-4-5-9-13(11)15-12-7-2-1-3-8-12;1-6-8-4-7(5-9(6)11)10(8,2)3;1-2-6-10-8-4-3-7-9(10)5-1;1-3-7-4(6)5-2;1-7(2,3)6-5-4/h4-6,8,10,14-16,18,22-24,27-29,33H,7,9,11-13,17,19-21H2,1-3H3,(H,37,41);4-12,15-16,19-20H,13-14H2,1-3H3,(H,26,30)(H,27,28,29);3-11H,2H2,1H3,(H,18,19,20);1-10H;6-9H,4-5,11H2,1-3H3;9-10H,1-8H2;3H2,1H3;1-3H3/t22-,23?,24?,27-,28-,29?,33?;15-,16?,19-,20-;;;6-,7+,8-,9-;;;/m11..1.../s1. The molecule has 6 N–H and O–H groups in total. The number of aromatic amines is 2. The van der Waals surface area contributed by atoms with Crippen LogP contribution in [0.25, 0.3) is 43.5 Å². The molecule has 5 unspecified atom stereocenters. The number of benzene rings is 8. The number of piperidine rings is 1. The SMILES string of the molecule is C1CCC2CCCCC2C1.CCOC(=O)c1n[nH]nc1-c1ccccc1Oc1ccccc1.C[C@@H]1[C@H]2CC(C[C@H]1NC(=O)C1=C(c3ccccc3Oc3ccccc3)N=NC1C(=O)N1CCCC3CCCCC31)C2(C)C.C[C@@H]1[C@H]2CC(C[C@H]1NC(=O)c1n[nH]nc1-c1ccccc1Oc1ccccc1)C2(C)C.C[C@H]1[C@H](N)C[C@@H]2C[C@H]1C2(C)C.C[Si](C)(C)N=[N+]=[N-].O=Cc1ccccc1Oc1ccccc1.[C-]#[N+]C(=O)OCC. The van der Waals surface area contributed by atoms with Crippen LogP contribution in [0.15, 0.2) is 239 Å². The van der Waals surface area contributed by atoms with Crippen molar-refractivity contribution in [3.05, 3.63) is 268 Å². The molecule has 13 fully saturated rings. The molecule has 15 atom stereocenters. The first-order valence-electron chi connectivity index (χ1n) is 53.0. The summed E-state index contributed by atoms with van der Waals surface area (Å²) >= 11 is 0. The van der Waals surface area contributed by atoms with Gasteiger partial charge in [-0.1, -0.05) is 267 Å². The first kappa shape index (κ1) is 109. The number of azo groups is 1. The lowest BCUT2D eigenvalue weighted by Gasteiger charge is -2.62.